The summed E-state index contributed by atoms with van der Waals surface area (Å²) in [4.78, 5) is 24.7. The zero-order valence-electron chi connectivity index (χ0n) is 17.8. The van der Waals surface area contributed by atoms with Crippen molar-refractivity contribution in [3.8, 4) is 11.8 Å². The van der Waals surface area contributed by atoms with Crippen LogP contribution < -0.4 is 10.0 Å². The number of ether oxygens (including phenoxy) is 1. The standard InChI is InChI=1S/C22H21N5O5S/c1-15(2)26-33(30,31)19-10-6-7-16(11-19)22(29)32-14-20(28)25-21-17(12-23)13-24-27(21)18-8-4-3-5-9-18/h3-11,13,15,26H,14H2,1-2H3,(H,25,28). The van der Waals surface area contributed by atoms with Crippen LogP contribution in [0.5, 0.6) is 0 Å². The van der Waals surface area contributed by atoms with Crippen LogP contribution in [0, 0.1) is 11.3 Å². The number of esters is 1. The SMILES string of the molecule is CC(C)NS(=O)(=O)c1cccc(C(=O)OCC(=O)Nc2c(C#N)cnn2-c2ccccc2)c1. The van der Waals surface area contributed by atoms with E-state index in [0.717, 1.165) is 0 Å². The maximum absolute atomic E-state index is 12.4. The first-order valence-electron chi connectivity index (χ1n) is 9.84. The minimum atomic E-state index is -3.80. The summed E-state index contributed by atoms with van der Waals surface area (Å²) in [5.41, 5.74) is 0.731. The maximum atomic E-state index is 12.4. The zero-order valence-corrected chi connectivity index (χ0v) is 18.7. The molecule has 33 heavy (non-hydrogen) atoms. The molecule has 0 fully saturated rings. The van der Waals surface area contributed by atoms with Gasteiger partial charge in [0.1, 0.15) is 11.6 Å². The number of nitriles is 1. The van der Waals surface area contributed by atoms with E-state index in [4.69, 9.17) is 4.74 Å². The van der Waals surface area contributed by atoms with Gasteiger partial charge in [0.05, 0.1) is 22.3 Å². The number of carbonyl (C=O) groups is 2. The van der Waals surface area contributed by atoms with Gasteiger partial charge in [-0.3, -0.25) is 4.79 Å². The second-order valence-electron chi connectivity index (χ2n) is 7.19. The number of para-hydroxylation sites is 1. The summed E-state index contributed by atoms with van der Waals surface area (Å²) in [6.07, 6.45) is 1.31. The quantitative estimate of drug-likeness (QED) is 0.484. The van der Waals surface area contributed by atoms with Crippen LogP contribution in [-0.4, -0.2) is 42.7 Å². The van der Waals surface area contributed by atoms with Gasteiger partial charge in [0, 0.05) is 6.04 Å². The topological polar surface area (TPSA) is 143 Å². The van der Waals surface area contributed by atoms with Gasteiger partial charge in [-0.25, -0.2) is 22.6 Å². The van der Waals surface area contributed by atoms with Crippen LogP contribution in [0.1, 0.15) is 29.8 Å². The predicted octanol–water partition coefficient (Wildman–Crippen LogP) is 2.23. The molecule has 0 atom stereocenters. The van der Waals surface area contributed by atoms with Crippen LogP contribution in [0.4, 0.5) is 5.82 Å². The molecule has 1 heterocycles. The number of nitrogens with one attached hydrogen (secondary N) is 2. The van der Waals surface area contributed by atoms with Gasteiger partial charge in [-0.05, 0) is 44.2 Å². The summed E-state index contributed by atoms with van der Waals surface area (Å²) in [6.45, 7) is 2.70. The highest BCUT2D eigenvalue weighted by Crippen LogP contribution is 2.19. The number of carbonyl (C=O) groups excluding carboxylic acids is 2. The average molecular weight is 468 g/mol. The fourth-order valence-electron chi connectivity index (χ4n) is 2.87. The summed E-state index contributed by atoms with van der Waals surface area (Å²) in [5.74, 6) is -1.43. The van der Waals surface area contributed by atoms with Gasteiger partial charge >= 0.3 is 5.97 Å². The highest BCUT2D eigenvalue weighted by atomic mass is 32.2. The van der Waals surface area contributed by atoms with Crippen molar-refractivity contribution in [3.63, 3.8) is 0 Å². The Morgan fingerprint density at radius 2 is 1.88 bits per heavy atom. The molecule has 0 aliphatic heterocycles. The highest BCUT2D eigenvalue weighted by molar-refractivity contribution is 7.89. The van der Waals surface area contributed by atoms with Gasteiger partial charge in [0.25, 0.3) is 5.91 Å². The molecule has 3 aromatic rings. The van der Waals surface area contributed by atoms with E-state index >= 15 is 0 Å². The first kappa shape index (κ1) is 23.6. The lowest BCUT2D eigenvalue weighted by molar-refractivity contribution is -0.119. The van der Waals surface area contributed by atoms with Gasteiger partial charge in [0.2, 0.25) is 10.0 Å². The number of benzene rings is 2. The molecule has 0 unspecified atom stereocenters. The zero-order chi connectivity index (χ0) is 24.0. The van der Waals surface area contributed by atoms with Crippen molar-refractivity contribution in [1.82, 2.24) is 14.5 Å². The normalized spacial score (nSPS) is 11.1. The molecule has 0 aliphatic carbocycles. The first-order chi connectivity index (χ1) is 15.7. The number of anilines is 1. The van der Waals surface area contributed by atoms with Crippen molar-refractivity contribution in [2.24, 2.45) is 0 Å². The number of sulfonamides is 1. The number of hydrogen-bond donors (Lipinski definition) is 2. The Balaban J connectivity index is 1.69. The Morgan fingerprint density at radius 3 is 2.55 bits per heavy atom. The van der Waals surface area contributed by atoms with Crippen molar-refractivity contribution in [2.45, 2.75) is 24.8 Å². The minimum Gasteiger partial charge on any atom is -0.452 e. The fourth-order valence-corrected chi connectivity index (χ4v) is 4.16. The Hall–Kier alpha value is -4.01. The van der Waals surface area contributed by atoms with Crippen molar-refractivity contribution in [2.75, 3.05) is 11.9 Å². The molecule has 0 saturated carbocycles. The van der Waals surface area contributed by atoms with Crippen LogP contribution in [-0.2, 0) is 19.6 Å². The molecule has 3 rings (SSSR count). The van der Waals surface area contributed by atoms with E-state index in [9.17, 15) is 23.3 Å². The second kappa shape index (κ2) is 10.1. The molecule has 2 aromatic carbocycles. The van der Waals surface area contributed by atoms with E-state index in [0.29, 0.717) is 5.69 Å². The number of hydrogen-bond acceptors (Lipinski definition) is 7. The fraction of sp³-hybridized carbons (Fsp3) is 0.182. The van der Waals surface area contributed by atoms with Gasteiger partial charge in [-0.1, -0.05) is 24.3 Å². The van der Waals surface area contributed by atoms with Gasteiger partial charge in [0.15, 0.2) is 12.4 Å². The summed E-state index contributed by atoms with van der Waals surface area (Å²) >= 11 is 0. The van der Waals surface area contributed by atoms with Crippen LogP contribution in [0.15, 0.2) is 65.7 Å². The van der Waals surface area contributed by atoms with Crippen molar-refractivity contribution in [1.29, 1.82) is 5.26 Å². The third-order valence-corrected chi connectivity index (χ3v) is 5.91. The van der Waals surface area contributed by atoms with Gasteiger partial charge < -0.3 is 10.1 Å². The molecular formula is C22H21N5O5S. The number of amides is 1. The third kappa shape index (κ3) is 5.82. The predicted molar refractivity (Wildman–Crippen MR) is 119 cm³/mol. The molecule has 11 heteroatoms. The largest absolute Gasteiger partial charge is 0.452 e. The lowest BCUT2D eigenvalue weighted by atomic mass is 10.2. The molecule has 2 N–H and O–H groups in total. The summed E-state index contributed by atoms with van der Waals surface area (Å²) in [6, 6.07) is 15.8. The molecule has 1 amide bonds. The summed E-state index contributed by atoms with van der Waals surface area (Å²) in [5, 5.41) is 16.0. The van der Waals surface area contributed by atoms with Crippen LogP contribution >= 0.6 is 0 Å². The number of aromatic nitrogens is 2. The number of nitrogens with zero attached hydrogens (tertiary/aromatic N) is 3. The number of rotatable bonds is 8. The lowest BCUT2D eigenvalue weighted by Gasteiger charge is -2.11. The van der Waals surface area contributed by atoms with Crippen LogP contribution in [0.3, 0.4) is 0 Å². The van der Waals surface area contributed by atoms with Crippen molar-refractivity contribution < 1.29 is 22.7 Å². The second-order valence-corrected chi connectivity index (χ2v) is 8.91. The van der Waals surface area contributed by atoms with Gasteiger partial charge in [-0.2, -0.15) is 10.4 Å². The Morgan fingerprint density at radius 1 is 1.15 bits per heavy atom. The smallest absolute Gasteiger partial charge is 0.338 e. The molecule has 0 aliphatic rings. The average Bonchev–Trinajstić information content (AvgIpc) is 3.19. The van der Waals surface area contributed by atoms with Crippen molar-refractivity contribution in [3.05, 3.63) is 71.9 Å². The van der Waals surface area contributed by atoms with E-state index < -0.39 is 28.5 Å². The maximum Gasteiger partial charge on any atom is 0.338 e. The lowest BCUT2D eigenvalue weighted by Crippen LogP contribution is -2.30. The molecule has 0 saturated heterocycles. The Labute approximate surface area is 190 Å². The van der Waals surface area contributed by atoms with E-state index in [1.165, 1.54) is 35.1 Å². The minimum absolute atomic E-state index is 0.0264. The molecule has 170 valence electrons. The molecule has 1 aromatic heterocycles. The van der Waals surface area contributed by atoms with Crippen molar-refractivity contribution >= 4 is 27.7 Å². The molecular weight excluding hydrogens is 446 g/mol. The van der Waals surface area contributed by atoms with E-state index in [-0.39, 0.29) is 27.9 Å². The first-order valence-corrected chi connectivity index (χ1v) is 11.3. The Kier molecular flexibility index (Phi) is 7.22. The third-order valence-electron chi connectivity index (χ3n) is 4.25. The van der Waals surface area contributed by atoms with E-state index in [2.05, 4.69) is 15.1 Å². The van der Waals surface area contributed by atoms with Crippen LogP contribution in [0.25, 0.3) is 5.69 Å². The molecule has 10 nitrogen and oxygen atoms in total. The van der Waals surface area contributed by atoms with Crippen LogP contribution in [0.2, 0.25) is 0 Å². The van der Waals surface area contributed by atoms with E-state index in [1.807, 2.05) is 12.1 Å². The molecule has 0 bridgehead atoms. The summed E-state index contributed by atoms with van der Waals surface area (Å²) in [7, 11) is -3.80. The summed E-state index contributed by atoms with van der Waals surface area (Å²) < 4.78 is 33.5. The Bertz CT molecular complexity index is 1310. The highest BCUT2D eigenvalue weighted by Gasteiger charge is 2.19. The van der Waals surface area contributed by atoms with Gasteiger partial charge in [-0.15, -0.1) is 0 Å². The van der Waals surface area contributed by atoms with E-state index in [1.54, 1.807) is 38.1 Å². The molecule has 0 spiro atoms. The molecule has 0 radical (unpaired) electrons. The monoisotopic (exact) mass is 467 g/mol.